The van der Waals surface area contributed by atoms with Crippen LogP contribution in [0.4, 0.5) is 10.1 Å². The second-order valence-corrected chi connectivity index (χ2v) is 4.82. The number of hydrogen-bond acceptors (Lipinski definition) is 3. The van der Waals surface area contributed by atoms with Gasteiger partial charge in [-0.1, -0.05) is 24.3 Å². The molecule has 0 radical (unpaired) electrons. The monoisotopic (exact) mass is 273 g/mol. The summed E-state index contributed by atoms with van der Waals surface area (Å²) in [5.41, 5.74) is 2.40. The zero-order valence-corrected chi connectivity index (χ0v) is 11.1. The lowest BCUT2D eigenvalue weighted by Gasteiger charge is -2.31. The fraction of sp³-hybridized carbons (Fsp3) is 0.250. The van der Waals surface area contributed by atoms with Gasteiger partial charge in [0.2, 0.25) is 0 Å². The van der Waals surface area contributed by atoms with Crippen LogP contribution < -0.4 is 9.64 Å². The lowest BCUT2D eigenvalue weighted by molar-refractivity contribution is 0.280. The third kappa shape index (κ3) is 2.47. The van der Waals surface area contributed by atoms with Crippen LogP contribution in [-0.4, -0.2) is 18.3 Å². The molecule has 0 aliphatic carbocycles. The van der Waals surface area contributed by atoms with E-state index in [9.17, 15) is 9.50 Å². The molecular weight excluding hydrogens is 257 g/mol. The van der Waals surface area contributed by atoms with Crippen LogP contribution in [0.3, 0.4) is 0 Å². The summed E-state index contributed by atoms with van der Waals surface area (Å²) >= 11 is 0. The summed E-state index contributed by atoms with van der Waals surface area (Å²) < 4.78 is 19.4. The highest BCUT2D eigenvalue weighted by atomic mass is 19.1. The number of anilines is 1. The molecule has 4 heteroatoms. The first-order valence-electron chi connectivity index (χ1n) is 6.63. The molecule has 0 spiro atoms. The minimum absolute atomic E-state index is 0.0131. The molecule has 2 aromatic carbocycles. The number of halogens is 1. The third-order valence-corrected chi connectivity index (χ3v) is 3.48. The zero-order valence-electron chi connectivity index (χ0n) is 11.1. The molecule has 0 saturated carbocycles. The van der Waals surface area contributed by atoms with E-state index >= 15 is 0 Å². The molecule has 20 heavy (non-hydrogen) atoms. The fourth-order valence-electron chi connectivity index (χ4n) is 2.41. The highest BCUT2D eigenvalue weighted by Crippen LogP contribution is 2.33. The Bertz CT molecular complexity index is 615. The van der Waals surface area contributed by atoms with Crippen molar-refractivity contribution >= 4 is 5.69 Å². The van der Waals surface area contributed by atoms with Gasteiger partial charge in [-0.25, -0.2) is 4.39 Å². The maximum atomic E-state index is 13.8. The van der Waals surface area contributed by atoms with Gasteiger partial charge < -0.3 is 14.7 Å². The van der Waals surface area contributed by atoms with Crippen LogP contribution in [0.15, 0.2) is 42.5 Å². The number of hydrogen-bond donors (Lipinski definition) is 1. The average Bonchev–Trinajstić information content (AvgIpc) is 2.49. The van der Waals surface area contributed by atoms with Gasteiger partial charge in [-0.2, -0.15) is 0 Å². The Hall–Kier alpha value is -2.07. The Balaban J connectivity index is 1.91. The Morgan fingerprint density at radius 2 is 2.05 bits per heavy atom. The maximum absolute atomic E-state index is 13.8. The third-order valence-electron chi connectivity index (χ3n) is 3.48. The van der Waals surface area contributed by atoms with Gasteiger partial charge >= 0.3 is 0 Å². The Kier molecular flexibility index (Phi) is 3.56. The molecule has 3 rings (SSSR count). The first kappa shape index (κ1) is 12.9. The van der Waals surface area contributed by atoms with Gasteiger partial charge in [0, 0.05) is 12.1 Å². The lowest BCUT2D eigenvalue weighted by Crippen LogP contribution is -2.32. The number of aliphatic hydroxyl groups is 1. The summed E-state index contributed by atoms with van der Waals surface area (Å²) in [4.78, 5) is 2.08. The lowest BCUT2D eigenvalue weighted by atomic mass is 10.1. The SMILES string of the molecule is OCc1ccc2c(c1)N(Cc1ccccc1F)CCO2. The predicted octanol–water partition coefficient (Wildman–Crippen LogP) is 2.72. The van der Waals surface area contributed by atoms with E-state index in [-0.39, 0.29) is 12.4 Å². The van der Waals surface area contributed by atoms with Crippen molar-refractivity contribution in [2.75, 3.05) is 18.1 Å². The van der Waals surface area contributed by atoms with Gasteiger partial charge in [-0.3, -0.25) is 0 Å². The molecule has 2 aromatic rings. The van der Waals surface area contributed by atoms with Crippen LogP contribution >= 0.6 is 0 Å². The Morgan fingerprint density at radius 3 is 2.85 bits per heavy atom. The number of fused-ring (bicyclic) bond motifs is 1. The number of ether oxygens (including phenoxy) is 1. The van der Waals surface area contributed by atoms with E-state index in [0.29, 0.717) is 25.3 Å². The molecule has 0 saturated heterocycles. The molecule has 1 aliphatic heterocycles. The number of rotatable bonds is 3. The second kappa shape index (κ2) is 5.51. The van der Waals surface area contributed by atoms with Gasteiger partial charge in [0.25, 0.3) is 0 Å². The molecule has 0 fully saturated rings. The standard InChI is InChI=1S/C16H16FNO2/c17-14-4-2-1-3-13(14)10-18-7-8-20-16-6-5-12(11-19)9-15(16)18/h1-6,9,19H,7-8,10-11H2. The van der Waals surface area contributed by atoms with E-state index in [4.69, 9.17) is 4.74 Å². The molecule has 0 atom stereocenters. The molecule has 0 aromatic heterocycles. The smallest absolute Gasteiger partial charge is 0.142 e. The van der Waals surface area contributed by atoms with Crippen molar-refractivity contribution in [2.45, 2.75) is 13.2 Å². The topological polar surface area (TPSA) is 32.7 Å². The first-order valence-corrected chi connectivity index (χ1v) is 6.63. The summed E-state index contributed by atoms with van der Waals surface area (Å²) in [5, 5.41) is 9.24. The largest absolute Gasteiger partial charge is 0.490 e. The summed E-state index contributed by atoms with van der Waals surface area (Å²) in [5.74, 6) is 0.587. The fourth-order valence-corrected chi connectivity index (χ4v) is 2.41. The van der Waals surface area contributed by atoms with Crippen LogP contribution in [-0.2, 0) is 13.2 Å². The maximum Gasteiger partial charge on any atom is 0.142 e. The van der Waals surface area contributed by atoms with E-state index in [2.05, 4.69) is 4.90 Å². The van der Waals surface area contributed by atoms with Crippen molar-refractivity contribution in [3.63, 3.8) is 0 Å². The molecule has 3 nitrogen and oxygen atoms in total. The molecule has 1 N–H and O–H groups in total. The predicted molar refractivity (Wildman–Crippen MR) is 75.3 cm³/mol. The van der Waals surface area contributed by atoms with Crippen LogP contribution in [0, 0.1) is 5.82 Å². The van der Waals surface area contributed by atoms with Crippen LogP contribution in [0.2, 0.25) is 0 Å². The van der Waals surface area contributed by atoms with Crippen LogP contribution in [0.25, 0.3) is 0 Å². The highest BCUT2D eigenvalue weighted by Gasteiger charge is 2.19. The molecule has 104 valence electrons. The van der Waals surface area contributed by atoms with Crippen molar-refractivity contribution in [2.24, 2.45) is 0 Å². The second-order valence-electron chi connectivity index (χ2n) is 4.82. The molecule has 0 amide bonds. The molecule has 1 aliphatic rings. The van der Waals surface area contributed by atoms with Gasteiger partial charge in [0.1, 0.15) is 18.2 Å². The van der Waals surface area contributed by atoms with Crippen LogP contribution in [0.5, 0.6) is 5.75 Å². The number of aliphatic hydroxyl groups excluding tert-OH is 1. The quantitative estimate of drug-likeness (QED) is 0.933. The van der Waals surface area contributed by atoms with E-state index < -0.39 is 0 Å². The summed E-state index contributed by atoms with van der Waals surface area (Å²) in [6, 6.07) is 12.4. The summed E-state index contributed by atoms with van der Waals surface area (Å²) in [6.07, 6.45) is 0. The highest BCUT2D eigenvalue weighted by molar-refractivity contribution is 5.61. The van der Waals surface area contributed by atoms with Crippen molar-refractivity contribution in [3.8, 4) is 5.75 Å². The minimum Gasteiger partial charge on any atom is -0.490 e. The molecule has 0 bridgehead atoms. The molecule has 0 unspecified atom stereocenters. The Morgan fingerprint density at radius 1 is 1.20 bits per heavy atom. The van der Waals surface area contributed by atoms with Crippen molar-refractivity contribution in [1.29, 1.82) is 0 Å². The van der Waals surface area contributed by atoms with Crippen molar-refractivity contribution < 1.29 is 14.2 Å². The first-order chi connectivity index (χ1) is 9.78. The molecular formula is C16H16FNO2. The van der Waals surface area contributed by atoms with Gasteiger partial charge in [-0.05, 0) is 23.8 Å². The van der Waals surface area contributed by atoms with Crippen molar-refractivity contribution in [3.05, 3.63) is 59.4 Å². The van der Waals surface area contributed by atoms with E-state index in [1.165, 1.54) is 6.07 Å². The summed E-state index contributed by atoms with van der Waals surface area (Å²) in [6.45, 7) is 1.77. The van der Waals surface area contributed by atoms with Gasteiger partial charge in [0.05, 0.1) is 18.8 Å². The number of benzene rings is 2. The van der Waals surface area contributed by atoms with Gasteiger partial charge in [-0.15, -0.1) is 0 Å². The zero-order chi connectivity index (χ0) is 13.9. The van der Waals surface area contributed by atoms with E-state index in [1.54, 1.807) is 12.1 Å². The Labute approximate surface area is 117 Å². The normalized spacial score (nSPS) is 13.8. The average molecular weight is 273 g/mol. The molecule has 1 heterocycles. The minimum atomic E-state index is -0.196. The van der Waals surface area contributed by atoms with Crippen molar-refractivity contribution in [1.82, 2.24) is 0 Å². The van der Waals surface area contributed by atoms with E-state index in [0.717, 1.165) is 17.0 Å². The van der Waals surface area contributed by atoms with Crippen LogP contribution in [0.1, 0.15) is 11.1 Å². The summed E-state index contributed by atoms with van der Waals surface area (Å²) in [7, 11) is 0. The van der Waals surface area contributed by atoms with E-state index in [1.807, 2.05) is 24.3 Å². The van der Waals surface area contributed by atoms with Gasteiger partial charge in [0.15, 0.2) is 0 Å². The number of nitrogens with zero attached hydrogens (tertiary/aromatic N) is 1.